The Kier molecular flexibility index (Phi) is 2.72. The van der Waals surface area contributed by atoms with Gasteiger partial charge in [0.25, 0.3) is 0 Å². The van der Waals surface area contributed by atoms with Crippen LogP contribution >= 0.6 is 11.6 Å². The largest absolute Gasteiger partial charge is 0.324 e. The fraction of sp³-hybridized carbons (Fsp3) is 0.600. The number of rotatable bonds is 2. The maximum atomic E-state index is 6.42. The van der Waals surface area contributed by atoms with Crippen molar-refractivity contribution >= 4 is 11.6 Å². The number of aryl methyl sites for hydroxylation is 2. The van der Waals surface area contributed by atoms with E-state index in [9.17, 15) is 0 Å². The summed E-state index contributed by atoms with van der Waals surface area (Å²) in [6, 6.07) is 4.38. The van der Waals surface area contributed by atoms with Crippen molar-refractivity contribution < 1.29 is 0 Å². The van der Waals surface area contributed by atoms with Gasteiger partial charge >= 0.3 is 0 Å². The molecule has 0 radical (unpaired) electrons. The molecular formula is C15H20ClN. The SMILES string of the molecule is Cc1cc(Cl)c(C(N)C2CC3CC3C2)cc1C. The zero-order valence-corrected chi connectivity index (χ0v) is 11.3. The monoisotopic (exact) mass is 249 g/mol. The topological polar surface area (TPSA) is 26.0 Å². The smallest absolute Gasteiger partial charge is 0.0456 e. The summed E-state index contributed by atoms with van der Waals surface area (Å²) in [7, 11) is 0. The lowest BCUT2D eigenvalue weighted by Gasteiger charge is -2.23. The number of hydrogen-bond donors (Lipinski definition) is 1. The average molecular weight is 250 g/mol. The summed E-state index contributed by atoms with van der Waals surface area (Å²) < 4.78 is 0. The maximum absolute atomic E-state index is 6.42. The summed E-state index contributed by atoms with van der Waals surface area (Å²) in [5.41, 5.74) is 10.1. The zero-order chi connectivity index (χ0) is 12.2. The minimum Gasteiger partial charge on any atom is -0.324 e. The molecule has 2 heteroatoms. The average Bonchev–Trinajstić information content (AvgIpc) is 2.90. The van der Waals surface area contributed by atoms with Crippen LogP contribution in [-0.2, 0) is 0 Å². The quantitative estimate of drug-likeness (QED) is 0.842. The molecule has 0 aliphatic heterocycles. The molecule has 0 amide bonds. The zero-order valence-electron chi connectivity index (χ0n) is 10.5. The Bertz CT molecular complexity index is 444. The van der Waals surface area contributed by atoms with Gasteiger partial charge in [-0.2, -0.15) is 0 Å². The van der Waals surface area contributed by atoms with Crippen molar-refractivity contribution in [3.8, 4) is 0 Å². The third-order valence-corrected chi connectivity index (χ3v) is 5.09. The molecule has 3 atom stereocenters. The van der Waals surface area contributed by atoms with E-state index < -0.39 is 0 Å². The van der Waals surface area contributed by atoms with E-state index in [1.54, 1.807) is 0 Å². The molecular weight excluding hydrogens is 230 g/mol. The third kappa shape index (κ3) is 2.00. The van der Waals surface area contributed by atoms with Crippen molar-refractivity contribution in [2.24, 2.45) is 23.5 Å². The summed E-state index contributed by atoms with van der Waals surface area (Å²) in [4.78, 5) is 0. The van der Waals surface area contributed by atoms with Crippen LogP contribution in [0.2, 0.25) is 5.02 Å². The molecule has 2 aliphatic rings. The van der Waals surface area contributed by atoms with E-state index in [-0.39, 0.29) is 6.04 Å². The number of fused-ring (bicyclic) bond motifs is 1. The molecule has 1 nitrogen and oxygen atoms in total. The van der Waals surface area contributed by atoms with E-state index in [0.717, 1.165) is 22.4 Å². The Balaban J connectivity index is 1.85. The lowest BCUT2D eigenvalue weighted by Crippen LogP contribution is -2.21. The fourth-order valence-electron chi connectivity index (χ4n) is 3.37. The molecule has 2 aliphatic carbocycles. The van der Waals surface area contributed by atoms with E-state index in [0.29, 0.717) is 5.92 Å². The van der Waals surface area contributed by atoms with Crippen LogP contribution in [0.25, 0.3) is 0 Å². The maximum Gasteiger partial charge on any atom is 0.0456 e. The van der Waals surface area contributed by atoms with Crippen molar-refractivity contribution in [3.05, 3.63) is 33.8 Å². The molecule has 3 unspecified atom stereocenters. The summed E-state index contributed by atoms with van der Waals surface area (Å²) >= 11 is 6.34. The van der Waals surface area contributed by atoms with Gasteiger partial charge in [-0.15, -0.1) is 0 Å². The van der Waals surface area contributed by atoms with Gasteiger partial charge in [0, 0.05) is 11.1 Å². The Morgan fingerprint density at radius 1 is 1.12 bits per heavy atom. The molecule has 17 heavy (non-hydrogen) atoms. The molecule has 0 heterocycles. The van der Waals surface area contributed by atoms with Crippen molar-refractivity contribution in [2.75, 3.05) is 0 Å². The molecule has 0 bridgehead atoms. The highest BCUT2D eigenvalue weighted by Crippen LogP contribution is 2.57. The lowest BCUT2D eigenvalue weighted by molar-refractivity contribution is 0.404. The highest BCUT2D eigenvalue weighted by Gasteiger charge is 2.47. The minimum atomic E-state index is 0.134. The van der Waals surface area contributed by atoms with E-state index in [4.69, 9.17) is 17.3 Å². The molecule has 0 saturated heterocycles. The lowest BCUT2D eigenvalue weighted by atomic mass is 9.88. The van der Waals surface area contributed by atoms with Crippen LogP contribution in [0.1, 0.15) is 42.0 Å². The van der Waals surface area contributed by atoms with Crippen LogP contribution in [0, 0.1) is 31.6 Å². The van der Waals surface area contributed by atoms with E-state index in [2.05, 4.69) is 26.0 Å². The number of hydrogen-bond acceptors (Lipinski definition) is 1. The Morgan fingerprint density at radius 3 is 2.35 bits per heavy atom. The minimum absolute atomic E-state index is 0.134. The van der Waals surface area contributed by atoms with E-state index in [1.807, 2.05) is 0 Å². The van der Waals surface area contributed by atoms with Gasteiger partial charge in [0.1, 0.15) is 0 Å². The van der Waals surface area contributed by atoms with Gasteiger partial charge in [-0.1, -0.05) is 17.7 Å². The van der Waals surface area contributed by atoms with Gasteiger partial charge < -0.3 is 5.73 Å². The molecule has 0 aromatic heterocycles. The first kappa shape index (κ1) is 11.6. The normalized spacial score (nSPS) is 32.4. The predicted molar refractivity (Wildman–Crippen MR) is 72.2 cm³/mol. The van der Waals surface area contributed by atoms with E-state index >= 15 is 0 Å². The first-order chi connectivity index (χ1) is 8.06. The van der Waals surface area contributed by atoms with Gasteiger partial charge in [0.2, 0.25) is 0 Å². The predicted octanol–water partition coefficient (Wildman–Crippen LogP) is 4.00. The van der Waals surface area contributed by atoms with Gasteiger partial charge in [-0.25, -0.2) is 0 Å². The van der Waals surface area contributed by atoms with Crippen LogP contribution in [-0.4, -0.2) is 0 Å². The van der Waals surface area contributed by atoms with Crippen LogP contribution in [0.4, 0.5) is 0 Å². The third-order valence-electron chi connectivity index (χ3n) is 4.76. The first-order valence-corrected chi connectivity index (χ1v) is 6.96. The molecule has 2 N–H and O–H groups in total. The van der Waals surface area contributed by atoms with Crippen LogP contribution < -0.4 is 5.73 Å². The Hall–Kier alpha value is -0.530. The van der Waals surface area contributed by atoms with Crippen molar-refractivity contribution in [1.82, 2.24) is 0 Å². The van der Waals surface area contributed by atoms with E-state index in [1.165, 1.54) is 30.4 Å². The second-order valence-corrected chi connectivity index (χ2v) is 6.38. The fourth-order valence-corrected chi connectivity index (χ4v) is 3.71. The van der Waals surface area contributed by atoms with Gasteiger partial charge in [-0.05, 0) is 73.6 Å². The van der Waals surface area contributed by atoms with Gasteiger partial charge in [-0.3, -0.25) is 0 Å². The van der Waals surface area contributed by atoms with Crippen molar-refractivity contribution in [3.63, 3.8) is 0 Å². The number of benzene rings is 1. The van der Waals surface area contributed by atoms with Crippen LogP contribution in [0.15, 0.2) is 12.1 Å². The number of halogens is 1. The number of nitrogens with two attached hydrogens (primary N) is 1. The van der Waals surface area contributed by atoms with Gasteiger partial charge in [0.15, 0.2) is 0 Å². The summed E-state index contributed by atoms with van der Waals surface area (Å²) in [5, 5.41) is 0.848. The van der Waals surface area contributed by atoms with Crippen molar-refractivity contribution in [1.29, 1.82) is 0 Å². The second kappa shape index (κ2) is 4.00. The summed E-state index contributed by atoms with van der Waals surface area (Å²) in [6.45, 7) is 4.23. The standard InChI is InChI=1S/C15H20ClN/c1-8-3-13(14(16)4-9(8)2)15(17)12-6-10-5-11(10)7-12/h3-4,10-12,15H,5-7,17H2,1-2H3. The molecule has 92 valence electrons. The Morgan fingerprint density at radius 2 is 1.71 bits per heavy atom. The highest BCUT2D eigenvalue weighted by molar-refractivity contribution is 6.31. The molecule has 1 aromatic carbocycles. The highest BCUT2D eigenvalue weighted by atomic mass is 35.5. The molecule has 1 aromatic rings. The molecule has 0 spiro atoms. The van der Waals surface area contributed by atoms with Crippen LogP contribution in [0.3, 0.4) is 0 Å². The molecule has 3 rings (SSSR count). The summed E-state index contributed by atoms with van der Waals surface area (Å²) in [5.74, 6) is 2.62. The molecule has 2 fully saturated rings. The first-order valence-electron chi connectivity index (χ1n) is 6.58. The van der Waals surface area contributed by atoms with Gasteiger partial charge in [0.05, 0.1) is 0 Å². The Labute approximate surface area is 108 Å². The molecule has 2 saturated carbocycles. The van der Waals surface area contributed by atoms with Crippen LogP contribution in [0.5, 0.6) is 0 Å². The second-order valence-electron chi connectivity index (χ2n) is 5.97. The summed E-state index contributed by atoms with van der Waals surface area (Å²) in [6.07, 6.45) is 4.08. The van der Waals surface area contributed by atoms with Crippen molar-refractivity contribution in [2.45, 2.75) is 39.2 Å².